The number of hydrogen-bond acceptors (Lipinski definition) is 3. The van der Waals surface area contributed by atoms with E-state index >= 15 is 0 Å². The van der Waals surface area contributed by atoms with Gasteiger partial charge in [-0.15, -0.1) is 53.6 Å². The second-order valence-electron chi connectivity index (χ2n) is 11.4. The number of aryl methyl sites for hydroxylation is 1. The summed E-state index contributed by atoms with van der Waals surface area (Å²) >= 11 is 0. The van der Waals surface area contributed by atoms with E-state index in [1.807, 2.05) is 54.7 Å². The van der Waals surface area contributed by atoms with Crippen molar-refractivity contribution in [1.29, 1.82) is 0 Å². The van der Waals surface area contributed by atoms with Crippen molar-refractivity contribution < 1.29 is 24.5 Å². The predicted molar refractivity (Wildman–Crippen MR) is 177 cm³/mol. The number of para-hydroxylation sites is 1. The molecule has 0 N–H and O–H groups in total. The van der Waals surface area contributed by atoms with Crippen LogP contribution in [0.25, 0.3) is 55.6 Å². The van der Waals surface area contributed by atoms with E-state index in [0.717, 1.165) is 55.6 Å². The van der Waals surface area contributed by atoms with Crippen molar-refractivity contribution in [2.24, 2.45) is 0 Å². The van der Waals surface area contributed by atoms with Crippen LogP contribution in [-0.4, -0.2) is 18.0 Å². The molecular formula is C38H32IrN2OSi-2. The van der Waals surface area contributed by atoms with Crippen LogP contribution >= 0.6 is 0 Å². The molecule has 0 aliphatic rings. The van der Waals surface area contributed by atoms with Crippen LogP contribution in [0.3, 0.4) is 0 Å². The largest absolute Gasteiger partial charge is 0.500 e. The van der Waals surface area contributed by atoms with Crippen LogP contribution in [0.4, 0.5) is 0 Å². The summed E-state index contributed by atoms with van der Waals surface area (Å²) in [6.45, 7) is 9.08. The molecule has 0 fully saturated rings. The second-order valence-corrected chi connectivity index (χ2v) is 16.5. The Labute approximate surface area is 268 Å². The zero-order chi connectivity index (χ0) is 29.1. The van der Waals surface area contributed by atoms with Gasteiger partial charge in [-0.1, -0.05) is 110 Å². The first-order chi connectivity index (χ1) is 20.4. The average Bonchev–Trinajstić information content (AvgIpc) is 3.41. The molecule has 3 aromatic heterocycles. The molecule has 3 nitrogen and oxygen atoms in total. The first kappa shape index (κ1) is 30.3. The molecule has 0 saturated carbocycles. The molecule has 7 rings (SSSR count). The third kappa shape index (κ3) is 6.60. The second kappa shape index (κ2) is 13.0. The Hall–Kier alpha value is -4.15. The van der Waals surface area contributed by atoms with E-state index in [1.54, 1.807) is 6.20 Å². The molecule has 215 valence electrons. The van der Waals surface area contributed by atoms with Gasteiger partial charge in [0.05, 0.1) is 13.7 Å². The summed E-state index contributed by atoms with van der Waals surface area (Å²) < 4.78 is 6.35. The van der Waals surface area contributed by atoms with Gasteiger partial charge in [-0.05, 0) is 28.2 Å². The van der Waals surface area contributed by atoms with E-state index in [0.29, 0.717) is 0 Å². The number of nitrogens with zero attached hydrogens (tertiary/aromatic N) is 2. The van der Waals surface area contributed by atoms with Gasteiger partial charge in [-0.25, -0.2) is 0 Å². The summed E-state index contributed by atoms with van der Waals surface area (Å²) in [5, 5.41) is 3.60. The molecule has 0 amide bonds. The SMILES string of the molecule is Cc1c[c-]c(-c2ccc([Si](C)(C)C)cn2)cc1.[Ir].[c-]1ccc2c(oc3c(-c4ccccc4)cccc32)c1-c1ccccn1. The normalized spacial score (nSPS) is 11.1. The topological polar surface area (TPSA) is 38.9 Å². The van der Waals surface area contributed by atoms with Gasteiger partial charge in [-0.3, -0.25) is 0 Å². The number of benzene rings is 4. The van der Waals surface area contributed by atoms with Gasteiger partial charge >= 0.3 is 0 Å². The maximum Gasteiger partial charge on any atom is 0.128 e. The fourth-order valence-electron chi connectivity index (χ4n) is 4.97. The molecule has 0 unspecified atom stereocenters. The minimum atomic E-state index is -1.24. The van der Waals surface area contributed by atoms with E-state index in [9.17, 15) is 0 Å². The van der Waals surface area contributed by atoms with Gasteiger partial charge in [-0.2, -0.15) is 0 Å². The minimum absolute atomic E-state index is 0. The predicted octanol–water partition coefficient (Wildman–Crippen LogP) is 9.52. The first-order valence-corrected chi connectivity index (χ1v) is 17.7. The smallest absolute Gasteiger partial charge is 0.128 e. The molecule has 1 radical (unpaired) electrons. The molecular weight excluding hydrogens is 721 g/mol. The summed E-state index contributed by atoms with van der Waals surface area (Å²) in [5.74, 6) is 0. The maximum absolute atomic E-state index is 6.35. The van der Waals surface area contributed by atoms with Gasteiger partial charge < -0.3 is 14.4 Å². The van der Waals surface area contributed by atoms with Gasteiger partial charge in [0, 0.05) is 43.4 Å². The molecule has 0 bridgehead atoms. The molecule has 43 heavy (non-hydrogen) atoms. The molecule has 3 heterocycles. The third-order valence-electron chi connectivity index (χ3n) is 7.34. The molecule has 0 spiro atoms. The molecule has 4 aromatic carbocycles. The van der Waals surface area contributed by atoms with E-state index in [2.05, 4.69) is 109 Å². The Morgan fingerprint density at radius 1 is 0.674 bits per heavy atom. The molecule has 0 aliphatic carbocycles. The van der Waals surface area contributed by atoms with Crippen molar-refractivity contribution in [3.05, 3.63) is 139 Å². The van der Waals surface area contributed by atoms with Crippen LogP contribution in [0.5, 0.6) is 0 Å². The molecule has 0 saturated heterocycles. The van der Waals surface area contributed by atoms with Crippen LogP contribution in [0.15, 0.2) is 126 Å². The summed E-state index contributed by atoms with van der Waals surface area (Å²) in [4.78, 5) is 9.01. The summed E-state index contributed by atoms with van der Waals surface area (Å²) in [5.41, 5.74) is 9.05. The molecule has 7 aromatic rings. The maximum atomic E-state index is 6.35. The minimum Gasteiger partial charge on any atom is -0.500 e. The third-order valence-corrected chi connectivity index (χ3v) is 9.37. The number of hydrogen-bond donors (Lipinski definition) is 0. The van der Waals surface area contributed by atoms with E-state index < -0.39 is 8.07 Å². The number of fused-ring (bicyclic) bond motifs is 3. The average molecular weight is 753 g/mol. The van der Waals surface area contributed by atoms with Crippen LogP contribution in [-0.2, 0) is 20.1 Å². The Morgan fingerprint density at radius 2 is 1.47 bits per heavy atom. The monoisotopic (exact) mass is 753 g/mol. The van der Waals surface area contributed by atoms with Crippen molar-refractivity contribution >= 4 is 35.2 Å². The number of furan rings is 1. The van der Waals surface area contributed by atoms with Crippen molar-refractivity contribution in [3.8, 4) is 33.6 Å². The summed E-state index contributed by atoms with van der Waals surface area (Å²) in [6, 6.07) is 43.5. The Morgan fingerprint density at radius 3 is 2.14 bits per heavy atom. The zero-order valence-electron chi connectivity index (χ0n) is 24.7. The molecule has 0 aliphatic heterocycles. The molecule has 5 heteroatoms. The standard InChI is InChI=1S/C23H14NO.C15H18NSi.Ir/c1-2-8-16(9-3-1)17-10-6-11-18-19-12-7-13-20(23(19)25-22(17)18)21-14-4-5-15-24-21;1-12-5-7-13(8-6-12)15-10-9-14(11-16-15)17(2,3)4;/h1-12,14-15H;5-7,9-11H,1-4H3;/q2*-1;. The first-order valence-electron chi connectivity index (χ1n) is 14.2. The van der Waals surface area contributed by atoms with E-state index in [4.69, 9.17) is 4.42 Å². The van der Waals surface area contributed by atoms with Gasteiger partial charge in [0.25, 0.3) is 0 Å². The van der Waals surface area contributed by atoms with Crippen LogP contribution in [0.1, 0.15) is 5.56 Å². The summed E-state index contributed by atoms with van der Waals surface area (Å²) in [6.07, 6.45) is 3.81. The number of aromatic nitrogens is 2. The van der Waals surface area contributed by atoms with Crippen molar-refractivity contribution in [1.82, 2.24) is 9.97 Å². The quantitative estimate of drug-likeness (QED) is 0.133. The van der Waals surface area contributed by atoms with Gasteiger partial charge in [0.2, 0.25) is 0 Å². The van der Waals surface area contributed by atoms with E-state index in [-0.39, 0.29) is 20.1 Å². The fourth-order valence-corrected chi connectivity index (χ4v) is 6.00. The van der Waals surface area contributed by atoms with Crippen molar-refractivity contribution in [3.63, 3.8) is 0 Å². The van der Waals surface area contributed by atoms with Crippen LogP contribution in [0, 0.1) is 19.1 Å². The molecule has 0 atom stereocenters. The van der Waals surface area contributed by atoms with Crippen molar-refractivity contribution in [2.75, 3.05) is 0 Å². The Bertz CT molecular complexity index is 1850. The number of pyridine rings is 2. The van der Waals surface area contributed by atoms with Crippen LogP contribution < -0.4 is 5.19 Å². The zero-order valence-corrected chi connectivity index (χ0v) is 28.1. The van der Waals surface area contributed by atoms with Gasteiger partial charge in [0.1, 0.15) is 5.58 Å². The Kier molecular flexibility index (Phi) is 9.17. The van der Waals surface area contributed by atoms with Gasteiger partial charge in [0.15, 0.2) is 0 Å². The fraction of sp³-hybridized carbons (Fsp3) is 0.105. The Balaban J connectivity index is 0.000000180. The van der Waals surface area contributed by atoms with E-state index in [1.165, 1.54) is 10.8 Å². The van der Waals surface area contributed by atoms with Crippen molar-refractivity contribution in [2.45, 2.75) is 26.6 Å². The number of rotatable bonds is 4. The summed E-state index contributed by atoms with van der Waals surface area (Å²) in [7, 11) is -1.24. The van der Waals surface area contributed by atoms with Crippen LogP contribution in [0.2, 0.25) is 19.6 Å².